The van der Waals surface area contributed by atoms with E-state index in [9.17, 15) is 19.2 Å². The van der Waals surface area contributed by atoms with Gasteiger partial charge in [0.15, 0.2) is 0 Å². The van der Waals surface area contributed by atoms with Gasteiger partial charge in [-0.25, -0.2) is 0 Å². The number of anilines is 1. The Kier molecular flexibility index (Phi) is 6.02. The predicted molar refractivity (Wildman–Crippen MR) is 159 cm³/mol. The smallest absolute Gasteiger partial charge is 0.259 e. The summed E-state index contributed by atoms with van der Waals surface area (Å²) in [5, 5.41) is 8.96. The molecule has 1 unspecified atom stereocenters. The van der Waals surface area contributed by atoms with Crippen molar-refractivity contribution in [2.75, 3.05) is 38.1 Å². The minimum Gasteiger partial charge on any atom is -0.342 e. The number of carbonyl (C=O) groups is 4. The van der Waals surface area contributed by atoms with E-state index >= 15 is 0 Å². The van der Waals surface area contributed by atoms with Gasteiger partial charge in [-0.15, -0.1) is 0 Å². The van der Waals surface area contributed by atoms with Crippen LogP contribution in [0.25, 0.3) is 10.8 Å². The summed E-state index contributed by atoms with van der Waals surface area (Å²) in [5.74, 6) is 0.129. The molecular weight excluding hydrogens is 544 g/mol. The van der Waals surface area contributed by atoms with E-state index in [4.69, 9.17) is 5.10 Å². The average molecular weight is 581 g/mol. The van der Waals surface area contributed by atoms with Crippen molar-refractivity contribution in [2.45, 2.75) is 57.0 Å². The van der Waals surface area contributed by atoms with Crippen molar-refractivity contribution in [1.29, 1.82) is 0 Å². The first-order valence-electron chi connectivity index (χ1n) is 15.5. The number of hydrogen-bond acceptors (Lipinski definition) is 6. The first-order chi connectivity index (χ1) is 20.8. The maximum Gasteiger partial charge on any atom is 0.259 e. The van der Waals surface area contributed by atoms with Gasteiger partial charge in [0.2, 0.25) is 17.7 Å². The SMILES string of the molecule is CN1CC2CC(C(=O)N3CCC(n4cc(Cc5ccc6c7c(cccc57)C(=O)N6C5CCC(=O)NC5=O)cn4)CC3)(C2)C1. The first kappa shape index (κ1) is 26.6. The lowest BCUT2D eigenvalue weighted by Gasteiger charge is -2.56. The van der Waals surface area contributed by atoms with Crippen molar-refractivity contribution in [3.05, 3.63) is 59.4 Å². The molecule has 43 heavy (non-hydrogen) atoms. The second-order valence-corrected chi connectivity index (χ2v) is 13.4. The van der Waals surface area contributed by atoms with Crippen LogP contribution in [0.3, 0.4) is 0 Å². The molecule has 1 aliphatic carbocycles. The third kappa shape index (κ3) is 4.21. The Hall–Kier alpha value is -4.05. The molecule has 3 aromatic rings. The second-order valence-electron chi connectivity index (χ2n) is 13.4. The van der Waals surface area contributed by atoms with Crippen LogP contribution in [0.2, 0.25) is 0 Å². The number of imide groups is 1. The molecule has 222 valence electrons. The van der Waals surface area contributed by atoms with Gasteiger partial charge in [-0.1, -0.05) is 18.2 Å². The zero-order valence-corrected chi connectivity index (χ0v) is 24.4. The van der Waals surface area contributed by atoms with E-state index in [1.54, 1.807) is 4.90 Å². The van der Waals surface area contributed by atoms with Crippen molar-refractivity contribution >= 4 is 40.1 Å². The van der Waals surface area contributed by atoms with Gasteiger partial charge < -0.3 is 9.80 Å². The molecule has 5 fully saturated rings. The van der Waals surface area contributed by atoms with Gasteiger partial charge in [0, 0.05) is 56.2 Å². The number of amides is 4. The Labute approximate surface area is 250 Å². The molecule has 6 aliphatic rings. The van der Waals surface area contributed by atoms with E-state index in [0.29, 0.717) is 30.2 Å². The van der Waals surface area contributed by atoms with Crippen molar-refractivity contribution in [3.63, 3.8) is 0 Å². The molecule has 1 aromatic heterocycles. The lowest BCUT2D eigenvalue weighted by molar-refractivity contribution is -0.161. The van der Waals surface area contributed by atoms with Gasteiger partial charge in [0.05, 0.1) is 23.3 Å². The Morgan fingerprint density at radius 1 is 1.07 bits per heavy atom. The molecule has 1 saturated carbocycles. The van der Waals surface area contributed by atoms with Crippen LogP contribution in [-0.2, 0) is 20.8 Å². The van der Waals surface area contributed by atoms with Crippen LogP contribution in [-0.4, -0.2) is 82.5 Å². The van der Waals surface area contributed by atoms with Crippen LogP contribution in [0.15, 0.2) is 42.7 Å². The number of nitrogens with zero attached hydrogens (tertiary/aromatic N) is 5. The number of likely N-dealkylation sites (tertiary alicyclic amines) is 1. The van der Waals surface area contributed by atoms with E-state index in [1.165, 1.54) is 0 Å². The van der Waals surface area contributed by atoms with E-state index < -0.39 is 11.9 Å². The minimum absolute atomic E-state index is 0.146. The summed E-state index contributed by atoms with van der Waals surface area (Å²) in [6, 6.07) is 9.28. The number of nitrogens with one attached hydrogen (secondary N) is 1. The standard InChI is InChI=1S/C33H36N6O4/c1-36-17-21-14-33(15-21,19-36)32(43)37-11-9-23(10-12-37)38-18-20(16-34-38)13-22-5-6-26-29-24(22)3-2-4-25(29)31(42)39(26)27-7-8-28(40)35-30(27)41/h2-6,16,18,21,23,27H,7-15,17,19H2,1H3,(H,35,40,41). The van der Waals surface area contributed by atoms with Crippen LogP contribution in [0.1, 0.15) is 66.1 Å². The highest BCUT2D eigenvalue weighted by Gasteiger charge is 2.55. The Morgan fingerprint density at radius 2 is 1.88 bits per heavy atom. The van der Waals surface area contributed by atoms with Gasteiger partial charge in [-0.3, -0.25) is 34.1 Å². The van der Waals surface area contributed by atoms with E-state index in [1.807, 2.05) is 36.5 Å². The normalized spacial score (nSPS) is 27.5. The van der Waals surface area contributed by atoms with Gasteiger partial charge in [0.1, 0.15) is 6.04 Å². The molecule has 4 amide bonds. The Morgan fingerprint density at radius 3 is 2.65 bits per heavy atom. The van der Waals surface area contributed by atoms with E-state index in [-0.39, 0.29) is 29.7 Å². The molecule has 1 N–H and O–H groups in total. The number of piperidine rings is 4. The molecule has 5 aliphatic heterocycles. The molecule has 4 saturated heterocycles. The molecule has 0 spiro atoms. The Balaban J connectivity index is 0.973. The van der Waals surface area contributed by atoms with Gasteiger partial charge in [-0.05, 0) is 73.7 Å². The topological polar surface area (TPSA) is 108 Å². The highest BCUT2D eigenvalue weighted by Crippen LogP contribution is 2.51. The van der Waals surface area contributed by atoms with Crippen molar-refractivity contribution in [2.24, 2.45) is 11.3 Å². The number of carbonyl (C=O) groups excluding carboxylic acids is 4. The minimum atomic E-state index is -0.694. The fraction of sp³-hybridized carbons (Fsp3) is 0.485. The summed E-state index contributed by atoms with van der Waals surface area (Å²) in [4.78, 5) is 57.2. The largest absolute Gasteiger partial charge is 0.342 e. The highest BCUT2D eigenvalue weighted by molar-refractivity contribution is 6.27. The molecule has 10 heteroatoms. The van der Waals surface area contributed by atoms with Gasteiger partial charge in [0.25, 0.3) is 5.91 Å². The second kappa shape index (κ2) is 9.74. The zero-order chi connectivity index (χ0) is 29.5. The zero-order valence-electron chi connectivity index (χ0n) is 24.4. The number of fused-ring (bicyclic) bond motifs is 2. The van der Waals surface area contributed by atoms with Crippen LogP contribution >= 0.6 is 0 Å². The van der Waals surface area contributed by atoms with Crippen LogP contribution in [0.5, 0.6) is 0 Å². The fourth-order valence-electron chi connectivity index (χ4n) is 8.58. The Bertz CT molecular complexity index is 1680. The summed E-state index contributed by atoms with van der Waals surface area (Å²) in [5.41, 5.74) is 3.35. The van der Waals surface area contributed by atoms with E-state index in [2.05, 4.69) is 33.0 Å². The number of hydrogen-bond donors (Lipinski definition) is 1. The molecular formula is C33H36N6O4. The molecule has 1 atom stereocenters. The molecule has 6 heterocycles. The lowest BCUT2D eigenvalue weighted by atomic mass is 9.58. The summed E-state index contributed by atoms with van der Waals surface area (Å²) >= 11 is 0. The number of benzene rings is 2. The fourth-order valence-corrected chi connectivity index (χ4v) is 8.58. The molecule has 2 bridgehead atoms. The maximum absolute atomic E-state index is 13.5. The molecule has 2 aromatic carbocycles. The van der Waals surface area contributed by atoms with Crippen molar-refractivity contribution in [1.82, 2.24) is 24.9 Å². The first-order valence-corrected chi connectivity index (χ1v) is 15.5. The van der Waals surface area contributed by atoms with Crippen molar-refractivity contribution in [3.8, 4) is 0 Å². The molecule has 10 nitrogen and oxygen atoms in total. The third-order valence-electron chi connectivity index (χ3n) is 10.5. The van der Waals surface area contributed by atoms with Crippen LogP contribution in [0, 0.1) is 11.3 Å². The predicted octanol–water partition coefficient (Wildman–Crippen LogP) is 2.90. The number of aromatic nitrogens is 2. The summed E-state index contributed by atoms with van der Waals surface area (Å²) < 4.78 is 2.07. The molecule has 9 rings (SSSR count). The van der Waals surface area contributed by atoms with Crippen molar-refractivity contribution < 1.29 is 19.2 Å². The maximum atomic E-state index is 13.5. The average Bonchev–Trinajstić information content (AvgIpc) is 3.57. The van der Waals surface area contributed by atoms with Gasteiger partial charge >= 0.3 is 0 Å². The van der Waals surface area contributed by atoms with Crippen LogP contribution in [0.4, 0.5) is 5.69 Å². The summed E-state index contributed by atoms with van der Waals surface area (Å²) in [6.45, 7) is 3.58. The lowest BCUT2D eigenvalue weighted by Crippen LogP contribution is -2.62. The quantitative estimate of drug-likeness (QED) is 0.465. The monoisotopic (exact) mass is 580 g/mol. The molecule has 0 radical (unpaired) electrons. The van der Waals surface area contributed by atoms with E-state index in [0.717, 1.165) is 79.4 Å². The van der Waals surface area contributed by atoms with Gasteiger partial charge in [-0.2, -0.15) is 5.10 Å². The van der Waals surface area contributed by atoms with Crippen LogP contribution < -0.4 is 10.2 Å². The number of rotatable bonds is 5. The highest BCUT2D eigenvalue weighted by atomic mass is 16.2. The summed E-state index contributed by atoms with van der Waals surface area (Å²) in [6.07, 6.45) is 9.17. The summed E-state index contributed by atoms with van der Waals surface area (Å²) in [7, 11) is 2.13. The third-order valence-corrected chi connectivity index (χ3v) is 10.5.